The molecule has 0 aliphatic carbocycles. The predicted molar refractivity (Wildman–Crippen MR) is 111 cm³/mol. The lowest BCUT2D eigenvalue weighted by molar-refractivity contribution is -0.123. The zero-order valence-corrected chi connectivity index (χ0v) is 18.1. The highest BCUT2D eigenvalue weighted by atomic mass is 127. The number of carbonyl (C=O) groups excluding carboxylic acids is 2. The van der Waals surface area contributed by atoms with Gasteiger partial charge in [-0.2, -0.15) is 0 Å². The molecule has 4 nitrogen and oxygen atoms in total. The van der Waals surface area contributed by atoms with Gasteiger partial charge in [-0.15, -0.1) is 0 Å². The fraction of sp³-hybridized carbons (Fsp3) is 0.0588. The summed E-state index contributed by atoms with van der Waals surface area (Å²) in [5.41, 5.74) is 0.482. The first-order valence-corrected chi connectivity index (χ1v) is 10.2. The van der Waals surface area contributed by atoms with Crippen LogP contribution in [-0.4, -0.2) is 21.2 Å². The Morgan fingerprint density at radius 3 is 2.77 bits per heavy atom. The van der Waals surface area contributed by atoms with Crippen molar-refractivity contribution in [1.82, 2.24) is 4.90 Å². The Morgan fingerprint density at radius 1 is 1.35 bits per heavy atom. The number of phenols is 1. The molecule has 26 heavy (non-hydrogen) atoms. The quantitative estimate of drug-likeness (QED) is 0.377. The van der Waals surface area contributed by atoms with Gasteiger partial charge in [-0.1, -0.05) is 33.6 Å². The summed E-state index contributed by atoms with van der Waals surface area (Å²) < 4.78 is 15.3. The average molecular weight is 569 g/mol. The van der Waals surface area contributed by atoms with Gasteiger partial charge in [-0.25, -0.2) is 4.39 Å². The summed E-state index contributed by atoms with van der Waals surface area (Å²) in [5.74, 6) is -1.13. The molecule has 1 N–H and O–H groups in total. The summed E-state index contributed by atoms with van der Waals surface area (Å²) in [6.45, 7) is -0.254. The summed E-state index contributed by atoms with van der Waals surface area (Å²) in [6.07, 6.45) is 1.44. The fourth-order valence-corrected chi connectivity index (χ4v) is 4.92. The second kappa shape index (κ2) is 7.87. The van der Waals surface area contributed by atoms with Crippen LogP contribution in [0.4, 0.5) is 9.18 Å². The number of nitrogens with zero attached hydrogens (tertiary/aromatic N) is 1. The maximum atomic E-state index is 13.9. The van der Waals surface area contributed by atoms with E-state index >= 15 is 0 Å². The van der Waals surface area contributed by atoms with Crippen molar-refractivity contribution in [3.8, 4) is 5.75 Å². The molecule has 1 aliphatic heterocycles. The minimum absolute atomic E-state index is 0.0118. The smallest absolute Gasteiger partial charge is 0.293 e. The monoisotopic (exact) mass is 567 g/mol. The van der Waals surface area contributed by atoms with Crippen molar-refractivity contribution < 1.29 is 19.1 Å². The van der Waals surface area contributed by atoms with Crippen LogP contribution in [0, 0.1) is 9.39 Å². The first kappa shape index (κ1) is 19.7. The maximum Gasteiger partial charge on any atom is 0.293 e. The molecule has 2 amide bonds. The molecule has 0 radical (unpaired) electrons. The van der Waals surface area contributed by atoms with Crippen molar-refractivity contribution in [2.45, 2.75) is 6.54 Å². The van der Waals surface area contributed by atoms with Gasteiger partial charge in [0.15, 0.2) is 0 Å². The second-order valence-corrected chi connectivity index (χ2v) is 8.77. The number of carbonyl (C=O) groups is 2. The van der Waals surface area contributed by atoms with Crippen molar-refractivity contribution in [3.63, 3.8) is 0 Å². The van der Waals surface area contributed by atoms with E-state index in [1.807, 2.05) is 22.6 Å². The first-order valence-electron chi connectivity index (χ1n) is 7.14. The molecule has 0 aromatic heterocycles. The molecule has 0 spiro atoms. The molecule has 0 unspecified atom stereocenters. The number of phenolic OH excluding ortho intramolecular Hbond substituents is 1. The highest BCUT2D eigenvalue weighted by Crippen LogP contribution is 2.37. The zero-order chi connectivity index (χ0) is 19.0. The first-order chi connectivity index (χ1) is 12.3. The van der Waals surface area contributed by atoms with Crippen LogP contribution in [0.1, 0.15) is 11.1 Å². The molecule has 2 aromatic carbocycles. The fourth-order valence-electron chi connectivity index (χ4n) is 2.31. The molecule has 3 rings (SSSR count). The molecule has 1 saturated heterocycles. The van der Waals surface area contributed by atoms with Gasteiger partial charge < -0.3 is 5.11 Å². The third-order valence-electron chi connectivity index (χ3n) is 3.60. The van der Waals surface area contributed by atoms with E-state index in [-0.39, 0.29) is 27.8 Å². The van der Waals surface area contributed by atoms with Crippen molar-refractivity contribution in [3.05, 3.63) is 65.2 Å². The summed E-state index contributed by atoms with van der Waals surface area (Å²) in [5, 5.41) is 9.77. The maximum absolute atomic E-state index is 13.9. The summed E-state index contributed by atoms with van der Waals surface area (Å²) in [4.78, 5) is 25.9. The Balaban J connectivity index is 1.92. The van der Waals surface area contributed by atoms with Gasteiger partial charge in [0.05, 0.1) is 15.0 Å². The summed E-state index contributed by atoms with van der Waals surface area (Å²) >= 11 is 12.0. The van der Waals surface area contributed by atoms with Gasteiger partial charge in [0.25, 0.3) is 11.1 Å². The number of amides is 2. The number of hydrogen-bond donors (Lipinski definition) is 1. The van der Waals surface area contributed by atoms with Crippen molar-refractivity contribution in [2.75, 3.05) is 0 Å². The Kier molecular flexibility index (Phi) is 5.95. The molecular formula is C17H9BrClFINO3S. The van der Waals surface area contributed by atoms with E-state index in [9.17, 15) is 19.1 Å². The highest BCUT2D eigenvalue weighted by molar-refractivity contribution is 14.1. The summed E-state index contributed by atoms with van der Waals surface area (Å²) in [7, 11) is 0. The van der Waals surface area contributed by atoms with Gasteiger partial charge in [-0.05, 0) is 64.7 Å². The van der Waals surface area contributed by atoms with Crippen LogP contribution in [0.3, 0.4) is 0 Å². The van der Waals surface area contributed by atoms with Crippen molar-refractivity contribution in [2.24, 2.45) is 0 Å². The number of imide groups is 1. The number of thioether (sulfide) groups is 1. The van der Waals surface area contributed by atoms with E-state index < -0.39 is 17.0 Å². The van der Waals surface area contributed by atoms with Crippen molar-refractivity contribution >= 4 is 79.1 Å². The minimum atomic E-state index is -0.584. The molecule has 134 valence electrons. The van der Waals surface area contributed by atoms with E-state index in [1.165, 1.54) is 24.3 Å². The number of halogens is 4. The lowest BCUT2D eigenvalue weighted by Crippen LogP contribution is -2.28. The van der Waals surface area contributed by atoms with Crippen LogP contribution >= 0.6 is 61.9 Å². The van der Waals surface area contributed by atoms with Gasteiger partial charge >= 0.3 is 0 Å². The molecule has 2 aromatic rings. The Bertz CT molecular complexity index is 949. The van der Waals surface area contributed by atoms with Crippen LogP contribution in [0.25, 0.3) is 6.08 Å². The number of benzene rings is 2. The third kappa shape index (κ3) is 3.92. The molecule has 0 saturated carbocycles. The van der Waals surface area contributed by atoms with Crippen molar-refractivity contribution in [1.29, 1.82) is 0 Å². The van der Waals surface area contributed by atoms with E-state index in [0.29, 0.717) is 9.13 Å². The van der Waals surface area contributed by atoms with Crippen LogP contribution in [0.15, 0.2) is 39.7 Å². The predicted octanol–water partition coefficient (Wildman–Crippen LogP) is 5.79. The molecule has 1 heterocycles. The molecule has 1 fully saturated rings. The SMILES string of the molecule is O=C1S/C(=C\c2cc(Br)cc(I)c2O)C(=O)N1Cc1c(F)cccc1Cl. The van der Waals surface area contributed by atoms with E-state index in [1.54, 1.807) is 12.1 Å². The highest BCUT2D eigenvalue weighted by Gasteiger charge is 2.36. The Morgan fingerprint density at radius 2 is 2.08 bits per heavy atom. The lowest BCUT2D eigenvalue weighted by atomic mass is 10.1. The van der Waals surface area contributed by atoms with Crippen LogP contribution < -0.4 is 0 Å². The molecule has 0 bridgehead atoms. The largest absolute Gasteiger partial charge is 0.506 e. The Labute approximate surface area is 179 Å². The van der Waals surface area contributed by atoms with Gasteiger partial charge in [0.1, 0.15) is 11.6 Å². The number of aromatic hydroxyl groups is 1. The molecular weight excluding hydrogens is 560 g/mol. The average Bonchev–Trinajstić information content (AvgIpc) is 2.82. The van der Waals surface area contributed by atoms with Gasteiger partial charge in [0.2, 0.25) is 0 Å². The minimum Gasteiger partial charge on any atom is -0.506 e. The number of rotatable bonds is 3. The lowest BCUT2D eigenvalue weighted by Gasteiger charge is -2.14. The Hall–Kier alpha value is -1.10. The van der Waals surface area contributed by atoms with Crippen LogP contribution in [0.5, 0.6) is 5.75 Å². The normalized spacial score (nSPS) is 16.0. The number of hydrogen-bond acceptors (Lipinski definition) is 4. The zero-order valence-electron chi connectivity index (χ0n) is 12.8. The molecule has 1 aliphatic rings. The summed E-state index contributed by atoms with van der Waals surface area (Å²) in [6, 6.07) is 7.53. The molecule has 0 atom stereocenters. The van der Waals surface area contributed by atoms with E-state index in [2.05, 4.69) is 15.9 Å². The standard InChI is InChI=1S/C17H9BrClFINO3S/c18-9-4-8(15(23)13(21)6-9)5-14-16(24)22(17(25)26-14)7-10-11(19)2-1-3-12(10)20/h1-6,23H,7H2/b14-5-. The topological polar surface area (TPSA) is 57.6 Å². The van der Waals surface area contributed by atoms with Gasteiger partial charge in [-0.3, -0.25) is 14.5 Å². The molecule has 9 heteroatoms. The van der Waals surface area contributed by atoms with Crippen LogP contribution in [-0.2, 0) is 11.3 Å². The second-order valence-electron chi connectivity index (χ2n) is 5.29. The van der Waals surface area contributed by atoms with Crippen LogP contribution in [0.2, 0.25) is 5.02 Å². The third-order valence-corrected chi connectivity index (χ3v) is 6.14. The van der Waals surface area contributed by atoms with E-state index in [0.717, 1.165) is 21.1 Å². The van der Waals surface area contributed by atoms with Gasteiger partial charge in [0, 0.05) is 20.6 Å². The van der Waals surface area contributed by atoms with E-state index in [4.69, 9.17) is 11.6 Å².